The first-order valence-electron chi connectivity index (χ1n) is 8.63. The topological polar surface area (TPSA) is 67.3 Å². The van der Waals surface area contributed by atoms with E-state index in [0.717, 1.165) is 15.6 Å². The monoisotopic (exact) mass is 454 g/mol. The number of ketones is 2. The van der Waals surface area contributed by atoms with E-state index in [-0.39, 0.29) is 12.3 Å². The molecule has 0 aliphatic carbocycles. The van der Waals surface area contributed by atoms with E-state index in [9.17, 15) is 14.4 Å². The molecule has 2 unspecified atom stereocenters. The van der Waals surface area contributed by atoms with Gasteiger partial charge < -0.3 is 4.90 Å². The zero-order valence-corrected chi connectivity index (χ0v) is 17.0. The van der Waals surface area contributed by atoms with E-state index < -0.39 is 23.7 Å². The van der Waals surface area contributed by atoms with E-state index in [0.29, 0.717) is 4.88 Å². The predicted octanol–water partition coefficient (Wildman–Crippen LogP) is 4.06. The highest BCUT2D eigenvalue weighted by Gasteiger charge is 2.51. The van der Waals surface area contributed by atoms with Crippen molar-refractivity contribution in [2.75, 3.05) is 0 Å². The number of hydrogen-bond acceptors (Lipinski definition) is 5. The van der Waals surface area contributed by atoms with Crippen molar-refractivity contribution in [2.24, 2.45) is 5.92 Å². The van der Waals surface area contributed by atoms with Gasteiger partial charge in [-0.05, 0) is 40.8 Å². The van der Waals surface area contributed by atoms with Crippen LogP contribution in [-0.4, -0.2) is 27.4 Å². The fourth-order valence-corrected chi connectivity index (χ4v) is 4.42. The number of carbonyl (C=O) groups is 3. The van der Waals surface area contributed by atoms with Crippen molar-refractivity contribution < 1.29 is 14.4 Å². The molecule has 2 aromatic heterocycles. The zero-order valence-electron chi connectivity index (χ0n) is 14.6. The van der Waals surface area contributed by atoms with Gasteiger partial charge in [-0.25, -0.2) is 0 Å². The van der Waals surface area contributed by atoms with Crippen LogP contribution in [0.4, 0.5) is 0 Å². The second kappa shape index (κ2) is 7.77. The molecule has 3 heterocycles. The van der Waals surface area contributed by atoms with Crippen molar-refractivity contribution in [1.29, 1.82) is 0 Å². The number of likely N-dealkylation sites (tertiary alicyclic amines) is 1. The van der Waals surface area contributed by atoms with Gasteiger partial charge in [-0.15, -0.1) is 11.3 Å². The van der Waals surface area contributed by atoms with E-state index in [1.807, 2.05) is 30.3 Å². The summed E-state index contributed by atoms with van der Waals surface area (Å²) in [4.78, 5) is 44.9. The molecule has 1 fully saturated rings. The fourth-order valence-electron chi connectivity index (χ4n) is 3.45. The van der Waals surface area contributed by atoms with Crippen molar-refractivity contribution in [3.63, 3.8) is 0 Å². The number of thiophene rings is 1. The molecule has 28 heavy (non-hydrogen) atoms. The van der Waals surface area contributed by atoms with Gasteiger partial charge >= 0.3 is 0 Å². The highest BCUT2D eigenvalue weighted by molar-refractivity contribution is 9.10. The summed E-state index contributed by atoms with van der Waals surface area (Å²) < 4.78 is 0.881. The molecule has 7 heteroatoms. The molecule has 1 aliphatic rings. The van der Waals surface area contributed by atoms with E-state index in [2.05, 4.69) is 20.9 Å². The Bertz CT molecular complexity index is 1020. The maximum Gasteiger partial charge on any atom is 0.291 e. The highest BCUT2D eigenvalue weighted by Crippen LogP contribution is 2.39. The summed E-state index contributed by atoms with van der Waals surface area (Å²) in [5.74, 6) is -2.65. The molecule has 2 atom stereocenters. The lowest BCUT2D eigenvalue weighted by Crippen LogP contribution is -2.30. The quantitative estimate of drug-likeness (QED) is 0.331. The molecule has 5 nitrogen and oxygen atoms in total. The summed E-state index contributed by atoms with van der Waals surface area (Å²) in [5.41, 5.74) is 1.55. The summed E-state index contributed by atoms with van der Waals surface area (Å²) in [5, 5.41) is 1.79. The van der Waals surface area contributed by atoms with Gasteiger partial charge in [0.15, 0.2) is 5.78 Å². The second-order valence-electron chi connectivity index (χ2n) is 6.47. The Kier molecular flexibility index (Phi) is 5.19. The number of benzene rings is 1. The standard InChI is InChI=1S/C21H15BrN2O3S/c22-15-7-5-14(6-8-15)18-17(19(25)16-4-2-10-28-16)20(26)21(27)24(18)12-13-3-1-9-23-11-13/h1-11,17-18H,12H2. The molecule has 1 amide bonds. The van der Waals surface area contributed by atoms with Crippen LogP contribution in [0.2, 0.25) is 0 Å². The first kappa shape index (κ1) is 18.7. The number of rotatable bonds is 5. The molecule has 1 aromatic carbocycles. The Morgan fingerprint density at radius 2 is 1.89 bits per heavy atom. The maximum absolute atomic E-state index is 13.1. The molecule has 3 aromatic rings. The maximum atomic E-state index is 13.1. The molecule has 1 aliphatic heterocycles. The minimum atomic E-state index is -1.05. The van der Waals surface area contributed by atoms with Gasteiger partial charge in [-0.1, -0.05) is 40.2 Å². The smallest absolute Gasteiger partial charge is 0.291 e. The van der Waals surface area contributed by atoms with Gasteiger partial charge in [-0.2, -0.15) is 0 Å². The molecule has 0 radical (unpaired) electrons. The number of carbonyl (C=O) groups excluding carboxylic acids is 3. The minimum absolute atomic E-state index is 0.216. The first-order valence-corrected chi connectivity index (χ1v) is 10.3. The first-order chi connectivity index (χ1) is 13.6. The third kappa shape index (κ3) is 3.43. The molecular weight excluding hydrogens is 440 g/mol. The van der Waals surface area contributed by atoms with Crippen LogP contribution in [0, 0.1) is 5.92 Å². The Hall–Kier alpha value is -2.64. The van der Waals surface area contributed by atoms with Crippen LogP contribution in [0.25, 0.3) is 0 Å². The van der Waals surface area contributed by atoms with Crippen molar-refractivity contribution >= 4 is 44.7 Å². The van der Waals surface area contributed by atoms with Crippen molar-refractivity contribution in [3.8, 4) is 0 Å². The number of amides is 1. The van der Waals surface area contributed by atoms with Crippen LogP contribution in [-0.2, 0) is 16.1 Å². The van der Waals surface area contributed by atoms with Crippen LogP contribution in [0.15, 0.2) is 70.8 Å². The van der Waals surface area contributed by atoms with E-state index in [1.54, 1.807) is 36.0 Å². The van der Waals surface area contributed by atoms with Crippen molar-refractivity contribution in [3.05, 3.63) is 86.8 Å². The molecule has 0 N–H and O–H groups in total. The minimum Gasteiger partial charge on any atom is -0.323 e. The van der Waals surface area contributed by atoms with Crippen LogP contribution >= 0.6 is 27.3 Å². The fraction of sp³-hybridized carbons (Fsp3) is 0.143. The Labute approximate surface area is 174 Å². The Morgan fingerprint density at radius 1 is 1.11 bits per heavy atom. The van der Waals surface area contributed by atoms with Gasteiger partial charge in [0, 0.05) is 23.4 Å². The number of pyridine rings is 1. The Morgan fingerprint density at radius 3 is 2.54 bits per heavy atom. The van der Waals surface area contributed by atoms with Gasteiger partial charge in [0.2, 0.25) is 5.78 Å². The average molecular weight is 455 g/mol. The summed E-state index contributed by atoms with van der Waals surface area (Å²) in [6, 6.07) is 13.8. The van der Waals surface area contributed by atoms with Gasteiger partial charge in [-0.3, -0.25) is 19.4 Å². The third-order valence-electron chi connectivity index (χ3n) is 4.74. The predicted molar refractivity (Wildman–Crippen MR) is 109 cm³/mol. The number of nitrogens with zero attached hydrogens (tertiary/aromatic N) is 2. The van der Waals surface area contributed by atoms with Gasteiger partial charge in [0.25, 0.3) is 5.91 Å². The number of hydrogen-bond donors (Lipinski definition) is 0. The summed E-state index contributed by atoms with van der Waals surface area (Å²) >= 11 is 4.68. The normalized spacial score (nSPS) is 19.2. The second-order valence-corrected chi connectivity index (χ2v) is 8.34. The zero-order chi connectivity index (χ0) is 19.7. The van der Waals surface area contributed by atoms with Crippen LogP contribution < -0.4 is 0 Å². The van der Waals surface area contributed by atoms with E-state index in [4.69, 9.17) is 0 Å². The van der Waals surface area contributed by atoms with Gasteiger partial charge in [0.1, 0.15) is 5.92 Å². The van der Waals surface area contributed by atoms with Crippen LogP contribution in [0.3, 0.4) is 0 Å². The van der Waals surface area contributed by atoms with Crippen molar-refractivity contribution in [2.45, 2.75) is 12.6 Å². The van der Waals surface area contributed by atoms with Crippen molar-refractivity contribution in [1.82, 2.24) is 9.88 Å². The lowest BCUT2D eigenvalue weighted by Gasteiger charge is -2.27. The SMILES string of the molecule is O=C1C(=O)N(Cc2cccnc2)C(c2ccc(Br)cc2)C1C(=O)c1cccs1. The number of aromatic nitrogens is 1. The van der Waals surface area contributed by atoms with Crippen LogP contribution in [0.1, 0.15) is 26.8 Å². The summed E-state index contributed by atoms with van der Waals surface area (Å²) in [6.07, 6.45) is 3.31. The highest BCUT2D eigenvalue weighted by atomic mass is 79.9. The Balaban J connectivity index is 1.78. The van der Waals surface area contributed by atoms with Gasteiger partial charge in [0.05, 0.1) is 10.9 Å². The molecule has 0 spiro atoms. The van der Waals surface area contributed by atoms with E-state index >= 15 is 0 Å². The average Bonchev–Trinajstić information content (AvgIpc) is 3.33. The number of halogens is 1. The molecule has 140 valence electrons. The molecule has 0 saturated carbocycles. The molecule has 1 saturated heterocycles. The third-order valence-corrected chi connectivity index (χ3v) is 6.15. The lowest BCUT2D eigenvalue weighted by molar-refractivity contribution is -0.141. The largest absolute Gasteiger partial charge is 0.323 e. The molecule has 4 rings (SSSR count). The van der Waals surface area contributed by atoms with Crippen LogP contribution in [0.5, 0.6) is 0 Å². The lowest BCUT2D eigenvalue weighted by atomic mass is 9.88. The van der Waals surface area contributed by atoms with E-state index in [1.165, 1.54) is 16.2 Å². The summed E-state index contributed by atoms with van der Waals surface area (Å²) in [6.45, 7) is 0.216. The summed E-state index contributed by atoms with van der Waals surface area (Å²) in [7, 11) is 0. The molecule has 0 bridgehead atoms. The number of Topliss-reactive ketones (excluding diaryl/α,β-unsaturated/α-hetero) is 2. The molecular formula is C21H15BrN2O3S.